The standard InChI is InChI=1S/C13H18ClFN2/c1-9-8-17(6-5-12(9)16-2)13-4-3-10(15)7-11(13)14/h3-4,7,9,12,16H,5-6,8H2,1-2H3. The fraction of sp³-hybridized carbons (Fsp3) is 0.538. The number of anilines is 1. The Labute approximate surface area is 107 Å². The predicted molar refractivity (Wildman–Crippen MR) is 70.3 cm³/mol. The predicted octanol–water partition coefficient (Wildman–Crippen LogP) is 2.91. The SMILES string of the molecule is CNC1CCN(c2ccc(F)cc2Cl)CC1C. The second kappa shape index (κ2) is 5.23. The monoisotopic (exact) mass is 256 g/mol. The number of halogens is 2. The third-order valence-electron chi connectivity index (χ3n) is 3.53. The van der Waals surface area contributed by atoms with E-state index in [4.69, 9.17) is 11.6 Å². The van der Waals surface area contributed by atoms with Crippen LogP contribution in [0.15, 0.2) is 18.2 Å². The zero-order valence-electron chi connectivity index (χ0n) is 10.2. The molecule has 0 saturated carbocycles. The van der Waals surface area contributed by atoms with Gasteiger partial charge in [-0.3, -0.25) is 0 Å². The fourth-order valence-corrected chi connectivity index (χ4v) is 2.82. The highest BCUT2D eigenvalue weighted by molar-refractivity contribution is 6.33. The summed E-state index contributed by atoms with van der Waals surface area (Å²) in [6.07, 6.45) is 1.09. The van der Waals surface area contributed by atoms with Crippen molar-refractivity contribution in [2.45, 2.75) is 19.4 Å². The Morgan fingerprint density at radius 2 is 2.24 bits per heavy atom. The van der Waals surface area contributed by atoms with E-state index in [1.165, 1.54) is 12.1 Å². The highest BCUT2D eigenvalue weighted by atomic mass is 35.5. The van der Waals surface area contributed by atoms with Gasteiger partial charge in [0.15, 0.2) is 0 Å². The molecule has 0 spiro atoms. The molecule has 0 radical (unpaired) electrons. The third kappa shape index (κ3) is 2.72. The van der Waals surface area contributed by atoms with Gasteiger partial charge in [-0.2, -0.15) is 0 Å². The maximum Gasteiger partial charge on any atom is 0.124 e. The number of hydrogen-bond acceptors (Lipinski definition) is 2. The van der Waals surface area contributed by atoms with Crippen LogP contribution in [0.25, 0.3) is 0 Å². The van der Waals surface area contributed by atoms with E-state index in [1.54, 1.807) is 6.07 Å². The molecule has 1 aromatic rings. The summed E-state index contributed by atoms with van der Waals surface area (Å²) in [7, 11) is 2.00. The largest absolute Gasteiger partial charge is 0.370 e. The molecule has 0 aromatic heterocycles. The highest BCUT2D eigenvalue weighted by Gasteiger charge is 2.25. The van der Waals surface area contributed by atoms with Crippen molar-refractivity contribution in [2.75, 3.05) is 25.0 Å². The second-order valence-corrected chi connectivity index (χ2v) is 5.11. The van der Waals surface area contributed by atoms with Crippen LogP contribution in [0.3, 0.4) is 0 Å². The van der Waals surface area contributed by atoms with Gasteiger partial charge in [-0.05, 0) is 37.6 Å². The van der Waals surface area contributed by atoms with Crippen LogP contribution in [-0.2, 0) is 0 Å². The zero-order chi connectivity index (χ0) is 12.4. The minimum Gasteiger partial charge on any atom is -0.370 e. The number of rotatable bonds is 2. The number of nitrogens with zero attached hydrogens (tertiary/aromatic N) is 1. The van der Waals surface area contributed by atoms with Crippen molar-refractivity contribution in [3.63, 3.8) is 0 Å². The molecule has 0 amide bonds. The van der Waals surface area contributed by atoms with Crippen LogP contribution in [-0.4, -0.2) is 26.2 Å². The lowest BCUT2D eigenvalue weighted by Gasteiger charge is -2.38. The Balaban J connectivity index is 2.14. The van der Waals surface area contributed by atoms with Crippen LogP contribution < -0.4 is 10.2 Å². The average molecular weight is 257 g/mol. The fourth-order valence-electron chi connectivity index (χ4n) is 2.53. The van der Waals surface area contributed by atoms with E-state index in [9.17, 15) is 4.39 Å². The summed E-state index contributed by atoms with van der Waals surface area (Å²) in [6, 6.07) is 5.18. The van der Waals surface area contributed by atoms with E-state index in [0.29, 0.717) is 17.0 Å². The number of hydrogen-bond donors (Lipinski definition) is 1. The van der Waals surface area contributed by atoms with Crippen molar-refractivity contribution in [1.29, 1.82) is 0 Å². The van der Waals surface area contributed by atoms with Gasteiger partial charge < -0.3 is 10.2 Å². The molecule has 2 nitrogen and oxygen atoms in total. The van der Waals surface area contributed by atoms with Crippen LogP contribution in [0, 0.1) is 11.7 Å². The molecule has 1 fully saturated rings. The van der Waals surface area contributed by atoms with E-state index in [-0.39, 0.29) is 5.82 Å². The van der Waals surface area contributed by atoms with Gasteiger partial charge in [-0.1, -0.05) is 18.5 Å². The molecule has 94 valence electrons. The topological polar surface area (TPSA) is 15.3 Å². The molecule has 1 aliphatic rings. The summed E-state index contributed by atoms with van der Waals surface area (Å²) in [6.45, 7) is 4.14. The molecule has 1 heterocycles. The first-order valence-corrected chi connectivity index (χ1v) is 6.37. The molecule has 0 bridgehead atoms. The molecular formula is C13H18ClFN2. The van der Waals surface area contributed by atoms with E-state index >= 15 is 0 Å². The Morgan fingerprint density at radius 1 is 1.47 bits per heavy atom. The first-order valence-electron chi connectivity index (χ1n) is 5.99. The van der Waals surface area contributed by atoms with E-state index in [2.05, 4.69) is 17.1 Å². The summed E-state index contributed by atoms with van der Waals surface area (Å²) in [5.74, 6) is 0.284. The highest BCUT2D eigenvalue weighted by Crippen LogP contribution is 2.30. The molecular weight excluding hydrogens is 239 g/mol. The second-order valence-electron chi connectivity index (χ2n) is 4.70. The molecule has 2 unspecified atom stereocenters. The first kappa shape index (κ1) is 12.7. The zero-order valence-corrected chi connectivity index (χ0v) is 11.0. The quantitative estimate of drug-likeness (QED) is 0.875. The van der Waals surface area contributed by atoms with Crippen LogP contribution in [0.4, 0.5) is 10.1 Å². The minimum absolute atomic E-state index is 0.281. The molecule has 4 heteroatoms. The van der Waals surface area contributed by atoms with Gasteiger partial charge in [-0.15, -0.1) is 0 Å². The van der Waals surface area contributed by atoms with Crippen molar-refractivity contribution in [2.24, 2.45) is 5.92 Å². The van der Waals surface area contributed by atoms with Gasteiger partial charge in [0.25, 0.3) is 0 Å². The van der Waals surface area contributed by atoms with E-state index in [0.717, 1.165) is 25.2 Å². The molecule has 2 atom stereocenters. The smallest absolute Gasteiger partial charge is 0.124 e. The molecule has 17 heavy (non-hydrogen) atoms. The lowest BCUT2D eigenvalue weighted by molar-refractivity contribution is 0.339. The minimum atomic E-state index is -0.281. The van der Waals surface area contributed by atoms with Crippen LogP contribution in [0.5, 0.6) is 0 Å². The number of piperidine rings is 1. The van der Waals surface area contributed by atoms with Crippen molar-refractivity contribution in [3.8, 4) is 0 Å². The summed E-state index contributed by atoms with van der Waals surface area (Å²) in [4.78, 5) is 2.24. The molecule has 1 aliphatic heterocycles. The average Bonchev–Trinajstić information content (AvgIpc) is 2.29. The summed E-state index contributed by atoms with van der Waals surface area (Å²) in [5, 5.41) is 3.83. The molecule has 1 saturated heterocycles. The number of benzene rings is 1. The first-order chi connectivity index (χ1) is 8.11. The Bertz CT molecular complexity index is 397. The van der Waals surface area contributed by atoms with Gasteiger partial charge in [-0.25, -0.2) is 4.39 Å². The normalized spacial score (nSPS) is 25.1. The van der Waals surface area contributed by atoms with Crippen molar-refractivity contribution >= 4 is 17.3 Å². The third-order valence-corrected chi connectivity index (χ3v) is 3.83. The molecule has 2 rings (SSSR count). The molecule has 1 aromatic carbocycles. The number of nitrogens with one attached hydrogen (secondary N) is 1. The van der Waals surface area contributed by atoms with Gasteiger partial charge >= 0.3 is 0 Å². The maximum atomic E-state index is 13.0. The summed E-state index contributed by atoms with van der Waals surface area (Å²) >= 11 is 6.08. The maximum absolute atomic E-state index is 13.0. The summed E-state index contributed by atoms with van der Waals surface area (Å²) < 4.78 is 13.0. The van der Waals surface area contributed by atoms with Gasteiger partial charge in [0.2, 0.25) is 0 Å². The van der Waals surface area contributed by atoms with E-state index in [1.807, 2.05) is 7.05 Å². The van der Waals surface area contributed by atoms with Crippen molar-refractivity contribution in [3.05, 3.63) is 29.0 Å². The van der Waals surface area contributed by atoms with Gasteiger partial charge in [0.05, 0.1) is 10.7 Å². The molecule has 1 N–H and O–H groups in total. The Hall–Kier alpha value is -0.800. The van der Waals surface area contributed by atoms with Crippen molar-refractivity contribution < 1.29 is 4.39 Å². The van der Waals surface area contributed by atoms with Crippen LogP contribution in [0.2, 0.25) is 5.02 Å². The van der Waals surface area contributed by atoms with Gasteiger partial charge in [0, 0.05) is 19.1 Å². The Kier molecular flexibility index (Phi) is 3.89. The van der Waals surface area contributed by atoms with Crippen LogP contribution >= 0.6 is 11.6 Å². The van der Waals surface area contributed by atoms with Crippen molar-refractivity contribution in [1.82, 2.24) is 5.32 Å². The Morgan fingerprint density at radius 3 is 2.82 bits per heavy atom. The molecule has 0 aliphatic carbocycles. The lowest BCUT2D eigenvalue weighted by Crippen LogP contribution is -2.47. The van der Waals surface area contributed by atoms with Gasteiger partial charge in [0.1, 0.15) is 5.82 Å². The summed E-state index contributed by atoms with van der Waals surface area (Å²) in [5.41, 5.74) is 0.939. The van der Waals surface area contributed by atoms with Crippen LogP contribution in [0.1, 0.15) is 13.3 Å². The lowest BCUT2D eigenvalue weighted by atomic mass is 9.93. The van der Waals surface area contributed by atoms with E-state index < -0.39 is 0 Å².